The second kappa shape index (κ2) is 52.2. The molecule has 15 rings (SSSR count). The molecule has 4 aliphatic heterocycles. The Kier molecular flexibility index (Phi) is 43.3. The molecule has 29 nitrogen and oxygen atoms in total. The van der Waals surface area contributed by atoms with Gasteiger partial charge in [0.05, 0.1) is 35.8 Å². The van der Waals surface area contributed by atoms with Gasteiger partial charge in [-0.15, -0.1) is 0 Å². The van der Waals surface area contributed by atoms with Gasteiger partial charge in [-0.2, -0.15) is 9.80 Å². The molecule has 3 aromatic carbocycles. The molecule has 0 aromatic heterocycles. The van der Waals surface area contributed by atoms with E-state index in [0.29, 0.717) is 133 Å². The van der Waals surface area contributed by atoms with Crippen LogP contribution in [0.1, 0.15) is 356 Å². The molecular formula is C108H173N7O22. The lowest BCUT2D eigenvalue weighted by atomic mass is 9.54. The molecule has 12 fully saturated rings. The average molecular weight is 1920 g/mol. The molecule has 0 spiro atoms. The lowest BCUT2D eigenvalue weighted by molar-refractivity contribution is -0.124. The van der Waals surface area contributed by atoms with Gasteiger partial charge in [0.15, 0.2) is 0 Å². The van der Waals surface area contributed by atoms with Crippen molar-refractivity contribution in [2.75, 3.05) is 67.5 Å². The highest BCUT2D eigenvalue weighted by molar-refractivity contribution is 6.10. The van der Waals surface area contributed by atoms with Crippen molar-refractivity contribution in [2.45, 2.75) is 431 Å². The number of carbonyl (C=O) groups excluding carboxylic acids is 9. The fourth-order valence-electron chi connectivity index (χ4n) is 20.5. The minimum absolute atomic E-state index is 0.159. The third-order valence-electron chi connectivity index (χ3n) is 28.6. The van der Waals surface area contributed by atoms with Crippen molar-refractivity contribution >= 4 is 71.9 Å². The zero-order chi connectivity index (χ0) is 101. The van der Waals surface area contributed by atoms with E-state index in [4.69, 9.17) is 42.6 Å². The first-order chi connectivity index (χ1) is 64.4. The monoisotopic (exact) mass is 1920 g/mol. The molecule has 137 heavy (non-hydrogen) atoms. The van der Waals surface area contributed by atoms with E-state index in [1.165, 1.54) is 77.0 Å². The number of hydrogen-bond acceptors (Lipinski definition) is 22. The molecule has 4 saturated heterocycles. The Bertz CT molecular complexity index is 4060. The first-order valence-electron chi connectivity index (χ1n) is 51.7. The highest BCUT2D eigenvalue weighted by Crippen LogP contribution is 2.57. The van der Waals surface area contributed by atoms with Crippen molar-refractivity contribution < 1.29 is 106 Å². The Morgan fingerprint density at radius 3 is 0.934 bits per heavy atom. The number of para-hydroxylation sites is 3. The number of carbonyl (C=O) groups is 9. The maximum Gasteiger partial charge on any atom is 0.424 e. The minimum atomic E-state index is -0.761. The number of likely N-dealkylation sites (tertiary alicyclic amines) is 4. The van der Waals surface area contributed by atoms with Crippen LogP contribution >= 0.6 is 0 Å². The number of piperidine rings is 4. The third-order valence-corrected chi connectivity index (χ3v) is 28.6. The van der Waals surface area contributed by atoms with Crippen LogP contribution in [0, 0.1) is 35.5 Å². The number of aliphatic hydroxyl groups is 4. The van der Waals surface area contributed by atoms with Gasteiger partial charge < -0.3 is 82.7 Å². The SMILES string of the molecule is CC(C)(C)OC(=O)N(C(=O)OC(C)(C)C)c1ccccc1.CC(C)(C)OC(=O)N1CCC(O)CC1.CC(C)(OC(=O)N(C(=O)OC(C)(C)C1CCCCC1)c1ccccc1)C1CCCCC1.CC(C)(OC(=O)N1CCC(O)CC1)C1CCCCC1.CCC(C)(C)OC(=O)N1CCC(O)CC1.CCC1(OC(=O)N2CCC(O)CC2)CCCC1.O=C(Nc1ccccc1)OC12CC3CC(CC(C3)C1)C2. The predicted octanol–water partition coefficient (Wildman–Crippen LogP) is 24.4. The molecule has 12 aliphatic rings. The number of ether oxygens (including phenoxy) is 9. The Labute approximate surface area is 818 Å². The Balaban J connectivity index is 0.000000199. The summed E-state index contributed by atoms with van der Waals surface area (Å²) in [7, 11) is 0. The zero-order valence-corrected chi connectivity index (χ0v) is 86.7. The molecule has 0 unspecified atom stereocenters. The predicted molar refractivity (Wildman–Crippen MR) is 531 cm³/mol. The van der Waals surface area contributed by atoms with E-state index in [9.17, 15) is 63.6 Å². The van der Waals surface area contributed by atoms with Gasteiger partial charge in [-0.3, -0.25) is 5.32 Å². The van der Waals surface area contributed by atoms with Crippen molar-refractivity contribution in [2.24, 2.45) is 35.5 Å². The number of benzene rings is 3. The van der Waals surface area contributed by atoms with E-state index in [1.807, 2.05) is 119 Å². The summed E-state index contributed by atoms with van der Waals surface area (Å²) < 4.78 is 50.4. The molecule has 8 aliphatic carbocycles. The molecule has 4 heterocycles. The molecule has 0 radical (unpaired) electrons. The summed E-state index contributed by atoms with van der Waals surface area (Å²) in [6.07, 6.45) is 31.1. The van der Waals surface area contributed by atoms with Crippen LogP contribution in [0.4, 0.5) is 60.2 Å². The van der Waals surface area contributed by atoms with Crippen molar-refractivity contribution in [1.29, 1.82) is 0 Å². The van der Waals surface area contributed by atoms with Crippen LogP contribution in [-0.4, -0.2) is 222 Å². The van der Waals surface area contributed by atoms with Crippen LogP contribution < -0.4 is 15.1 Å². The quantitative estimate of drug-likeness (QED) is 0.0936. The second-order valence-corrected chi connectivity index (χ2v) is 45.1. The number of imide groups is 2. The summed E-state index contributed by atoms with van der Waals surface area (Å²) in [5, 5.41) is 40.3. The fourth-order valence-corrected chi connectivity index (χ4v) is 20.5. The smallest absolute Gasteiger partial charge is 0.424 e. The lowest BCUT2D eigenvalue weighted by Crippen LogP contribution is -2.53. The van der Waals surface area contributed by atoms with E-state index >= 15 is 0 Å². The van der Waals surface area contributed by atoms with E-state index in [0.717, 1.165) is 130 Å². The summed E-state index contributed by atoms with van der Waals surface area (Å²) in [6.45, 7) is 40.7. The van der Waals surface area contributed by atoms with E-state index in [2.05, 4.69) is 12.2 Å². The largest absolute Gasteiger partial charge is 0.444 e. The maximum absolute atomic E-state index is 13.3. The molecule has 5 N–H and O–H groups in total. The van der Waals surface area contributed by atoms with Crippen LogP contribution in [0.15, 0.2) is 91.0 Å². The molecule has 772 valence electrons. The van der Waals surface area contributed by atoms with Gasteiger partial charge in [-0.25, -0.2) is 43.2 Å². The van der Waals surface area contributed by atoms with Crippen molar-refractivity contribution in [1.82, 2.24) is 19.6 Å². The summed E-state index contributed by atoms with van der Waals surface area (Å²) in [4.78, 5) is 120. The standard InChI is InChI=1S/C26H39NO4.C17H21NO2.C16H23NO4.C15H27NO3.C13H23NO3.C11H21NO3.C10H19NO3/c1-25(2,20-14-8-5-9-15-20)30-23(28)27(22-18-12-7-13-19-22)24(29)31-26(3,4)21-16-10-6-11-17-21;19-16(18-15-4-2-1-3-5-15)20-17-9-12-6-13(10-17)8-14(7-12)11-17;1-15(2,3)20-13(18)17(12-10-8-7-9-11-12)14(19)21-16(4,5)6;1-15(2,12-6-4-3-5-7-12)19-14(18)16-10-8-13(17)9-11-16;1-2-13(7-3-4-8-13)17-12(16)14-9-5-11(15)6-10-14;1-4-11(2,3)15-10(14)12-7-5-9(13)6-8-12;1-10(2,3)14-9(13)11-6-4-8(12)5-7-11/h7,12-13,18-21H,5-6,8-11,14-17H2,1-4H3;1-5,12-14H,6-11H2,(H,18,19);7-11H,1-6H3;12-13,17H,3-11H2,1-2H3;11,15H,2-10H2,1H3;9,13H,4-8H2,1-3H3;8,12H,4-7H2,1-3H3. The van der Waals surface area contributed by atoms with Crippen molar-refractivity contribution in [3.63, 3.8) is 0 Å². The number of anilines is 3. The first-order valence-corrected chi connectivity index (χ1v) is 51.7. The normalized spacial score (nSPS) is 22.0. The summed E-state index contributed by atoms with van der Waals surface area (Å²) >= 11 is 0. The molecule has 4 bridgehead atoms. The summed E-state index contributed by atoms with van der Waals surface area (Å²) in [5.74, 6) is 3.48. The van der Waals surface area contributed by atoms with Crippen molar-refractivity contribution in [3.8, 4) is 0 Å². The van der Waals surface area contributed by atoms with Crippen LogP contribution in [-0.2, 0) is 42.6 Å². The molecule has 9 amide bonds. The fraction of sp³-hybridized carbons (Fsp3) is 0.750. The molecule has 0 atom stereocenters. The van der Waals surface area contributed by atoms with Crippen LogP contribution in [0.3, 0.4) is 0 Å². The van der Waals surface area contributed by atoms with Gasteiger partial charge in [-0.1, -0.05) is 126 Å². The third kappa shape index (κ3) is 38.4. The first kappa shape index (κ1) is 114. The Hall–Kier alpha value is -8.67. The van der Waals surface area contributed by atoms with E-state index < -0.39 is 58.0 Å². The molecule has 3 aromatic rings. The average Bonchev–Trinajstić information content (AvgIpc) is 1.30. The summed E-state index contributed by atoms with van der Waals surface area (Å²) in [5.41, 5.74) is -2.56. The van der Waals surface area contributed by atoms with Crippen molar-refractivity contribution in [3.05, 3.63) is 91.0 Å². The van der Waals surface area contributed by atoms with Gasteiger partial charge >= 0.3 is 54.8 Å². The highest BCUT2D eigenvalue weighted by Gasteiger charge is 2.54. The second-order valence-electron chi connectivity index (χ2n) is 45.1. The van der Waals surface area contributed by atoms with Gasteiger partial charge in [0.25, 0.3) is 0 Å². The topological polar surface area (TPSA) is 349 Å². The minimum Gasteiger partial charge on any atom is -0.444 e. The van der Waals surface area contributed by atoms with E-state index in [1.54, 1.807) is 116 Å². The zero-order valence-electron chi connectivity index (χ0n) is 86.7. The number of amides is 9. The molecular weight excluding hydrogens is 1750 g/mol. The van der Waals surface area contributed by atoms with Crippen LogP contribution in [0.5, 0.6) is 0 Å². The Morgan fingerprint density at radius 2 is 0.628 bits per heavy atom. The number of nitrogens with one attached hydrogen (secondary N) is 1. The number of aliphatic hydroxyl groups excluding tert-OH is 4. The number of nitrogens with zero attached hydrogens (tertiary/aromatic N) is 6. The molecule has 8 saturated carbocycles. The van der Waals surface area contributed by atoms with Gasteiger partial charge in [0.2, 0.25) is 0 Å². The van der Waals surface area contributed by atoms with Gasteiger partial charge in [0.1, 0.15) is 50.4 Å². The molecule has 29 heteroatoms. The number of rotatable bonds is 14. The lowest BCUT2D eigenvalue weighted by Gasteiger charge is -2.55. The van der Waals surface area contributed by atoms with Crippen LogP contribution in [0.2, 0.25) is 0 Å². The maximum atomic E-state index is 13.3. The van der Waals surface area contributed by atoms with Gasteiger partial charge in [-0.05, 0) is 357 Å². The van der Waals surface area contributed by atoms with Gasteiger partial charge in [0, 0.05) is 58.0 Å². The Morgan fingerprint density at radius 1 is 0.343 bits per heavy atom. The number of hydrogen-bond donors (Lipinski definition) is 5. The highest BCUT2D eigenvalue weighted by atomic mass is 16.6. The van der Waals surface area contributed by atoms with Crippen LogP contribution in [0.25, 0.3) is 0 Å². The summed E-state index contributed by atoms with van der Waals surface area (Å²) in [6, 6.07) is 27.1. The van der Waals surface area contributed by atoms with E-state index in [-0.39, 0.29) is 71.7 Å².